The number of hydrogen-bond donors (Lipinski definition) is 1. The molecule has 2 heterocycles. The van der Waals surface area contributed by atoms with Crippen LogP contribution >= 0.6 is 22.9 Å². The van der Waals surface area contributed by atoms with Gasteiger partial charge < -0.3 is 5.32 Å². The number of benzene rings is 1. The Kier molecular flexibility index (Phi) is 5.70. The molecule has 1 atom stereocenters. The van der Waals surface area contributed by atoms with Crippen molar-refractivity contribution in [3.8, 4) is 0 Å². The lowest BCUT2D eigenvalue weighted by Gasteiger charge is -2.18. The number of hydrogen-bond acceptors (Lipinski definition) is 5. The number of carbonyl (C=O) groups excluding carboxylic acids is 1. The van der Waals surface area contributed by atoms with Crippen molar-refractivity contribution in [1.82, 2.24) is 10.3 Å². The number of aromatic nitrogens is 1. The van der Waals surface area contributed by atoms with Crippen LogP contribution in [0.4, 0.5) is 0 Å². The number of nitrogens with zero attached hydrogens (tertiary/aromatic N) is 1. The molecule has 0 radical (unpaired) electrons. The van der Waals surface area contributed by atoms with E-state index in [0.29, 0.717) is 16.1 Å². The van der Waals surface area contributed by atoms with Crippen molar-refractivity contribution in [2.75, 3.05) is 6.54 Å². The molecule has 0 saturated carbocycles. The van der Waals surface area contributed by atoms with Crippen LogP contribution in [0, 0.1) is 0 Å². The van der Waals surface area contributed by atoms with E-state index >= 15 is 0 Å². The third-order valence-electron chi connectivity index (χ3n) is 3.74. The Hall–Kier alpha value is -2.22. The standard InChI is InChI=1S/C18H15ClN2O3S2/c19-15-6-1-4-13(10-15)18(22)21-12-16(14-5-2-8-20-11-14)26(23,24)17-7-3-9-25-17/h1-11,16H,12H2,(H,21,22)/t16-/m1/s1. The molecule has 3 rings (SSSR count). The summed E-state index contributed by atoms with van der Waals surface area (Å²) in [4.78, 5) is 16.4. The number of rotatable bonds is 6. The zero-order chi connectivity index (χ0) is 18.6. The molecule has 0 aliphatic carbocycles. The first-order valence-electron chi connectivity index (χ1n) is 7.69. The van der Waals surface area contributed by atoms with Gasteiger partial charge in [-0.05, 0) is 41.3 Å². The first kappa shape index (κ1) is 18.6. The molecular formula is C18H15ClN2O3S2. The molecule has 26 heavy (non-hydrogen) atoms. The quantitative estimate of drug-likeness (QED) is 0.676. The maximum atomic E-state index is 13.0. The fraction of sp³-hybridized carbons (Fsp3) is 0.111. The van der Waals surface area contributed by atoms with Crippen molar-refractivity contribution in [3.05, 3.63) is 82.5 Å². The zero-order valence-corrected chi connectivity index (χ0v) is 15.9. The maximum Gasteiger partial charge on any atom is 0.251 e. The summed E-state index contributed by atoms with van der Waals surface area (Å²) in [6, 6.07) is 13.1. The van der Waals surface area contributed by atoms with Crippen molar-refractivity contribution < 1.29 is 13.2 Å². The predicted molar refractivity (Wildman–Crippen MR) is 102 cm³/mol. The van der Waals surface area contributed by atoms with Crippen LogP contribution in [-0.4, -0.2) is 25.9 Å². The van der Waals surface area contributed by atoms with E-state index in [1.165, 1.54) is 12.3 Å². The molecule has 2 aromatic heterocycles. The van der Waals surface area contributed by atoms with E-state index in [0.717, 1.165) is 11.3 Å². The Morgan fingerprint density at radius 1 is 1.19 bits per heavy atom. The second-order valence-corrected chi connectivity index (χ2v) is 9.21. The van der Waals surface area contributed by atoms with E-state index in [-0.39, 0.29) is 16.7 Å². The van der Waals surface area contributed by atoms with Crippen molar-refractivity contribution in [3.63, 3.8) is 0 Å². The van der Waals surface area contributed by atoms with Gasteiger partial charge in [-0.1, -0.05) is 29.8 Å². The van der Waals surface area contributed by atoms with E-state index in [1.807, 2.05) is 0 Å². The van der Waals surface area contributed by atoms with Crippen LogP contribution in [0.25, 0.3) is 0 Å². The van der Waals surface area contributed by atoms with Gasteiger partial charge in [-0.2, -0.15) is 0 Å². The monoisotopic (exact) mass is 406 g/mol. The SMILES string of the molecule is O=C(NC[C@H](c1cccnc1)S(=O)(=O)c1cccs1)c1cccc(Cl)c1. The number of halogens is 1. The molecule has 1 aromatic carbocycles. The normalized spacial score (nSPS) is 12.5. The van der Waals surface area contributed by atoms with E-state index < -0.39 is 15.1 Å². The Labute approximate surface area is 160 Å². The second-order valence-electron chi connectivity index (χ2n) is 5.47. The molecule has 1 N–H and O–H groups in total. The largest absolute Gasteiger partial charge is 0.350 e. The topological polar surface area (TPSA) is 76.1 Å². The van der Waals surface area contributed by atoms with Crippen molar-refractivity contribution >= 4 is 38.7 Å². The second kappa shape index (κ2) is 7.99. The summed E-state index contributed by atoms with van der Waals surface area (Å²) in [6.45, 7) is -0.0721. The van der Waals surface area contributed by atoms with Gasteiger partial charge in [0.1, 0.15) is 9.46 Å². The van der Waals surface area contributed by atoms with Gasteiger partial charge in [0.25, 0.3) is 5.91 Å². The van der Waals surface area contributed by atoms with E-state index in [4.69, 9.17) is 11.6 Å². The summed E-state index contributed by atoms with van der Waals surface area (Å²) in [5.41, 5.74) is 0.892. The van der Waals surface area contributed by atoms with Gasteiger partial charge in [-0.25, -0.2) is 8.42 Å². The van der Waals surface area contributed by atoms with Crippen molar-refractivity contribution in [1.29, 1.82) is 0 Å². The van der Waals surface area contributed by atoms with Crippen LogP contribution in [0.1, 0.15) is 21.2 Å². The average Bonchev–Trinajstić information content (AvgIpc) is 3.18. The van der Waals surface area contributed by atoms with Crippen molar-refractivity contribution in [2.45, 2.75) is 9.46 Å². The Balaban J connectivity index is 1.87. The number of carbonyl (C=O) groups is 1. The van der Waals surface area contributed by atoms with E-state index in [1.54, 1.807) is 54.0 Å². The molecule has 0 bridgehead atoms. The third-order valence-corrected chi connectivity index (χ3v) is 7.51. The molecule has 134 valence electrons. The van der Waals surface area contributed by atoms with Gasteiger partial charge in [-0.15, -0.1) is 11.3 Å². The summed E-state index contributed by atoms with van der Waals surface area (Å²) in [5.74, 6) is -0.386. The zero-order valence-electron chi connectivity index (χ0n) is 13.5. The molecule has 0 spiro atoms. The molecule has 8 heteroatoms. The Morgan fingerprint density at radius 2 is 2.04 bits per heavy atom. The lowest BCUT2D eigenvalue weighted by atomic mass is 10.2. The van der Waals surface area contributed by atoms with Gasteiger partial charge >= 0.3 is 0 Å². The summed E-state index contributed by atoms with van der Waals surface area (Å²) in [5, 5.41) is 3.90. The van der Waals surface area contributed by atoms with Crippen molar-refractivity contribution in [2.24, 2.45) is 0 Å². The van der Waals surface area contributed by atoms with Gasteiger partial charge in [0.15, 0.2) is 9.84 Å². The number of pyridine rings is 1. The van der Waals surface area contributed by atoms with Crippen LogP contribution in [0.2, 0.25) is 5.02 Å². The molecule has 3 aromatic rings. The van der Waals surface area contributed by atoms with Gasteiger partial charge in [-0.3, -0.25) is 9.78 Å². The highest BCUT2D eigenvalue weighted by Gasteiger charge is 2.30. The Bertz CT molecular complexity index is 990. The lowest BCUT2D eigenvalue weighted by Crippen LogP contribution is -2.31. The smallest absolute Gasteiger partial charge is 0.251 e. The third kappa shape index (κ3) is 4.12. The van der Waals surface area contributed by atoms with Crippen LogP contribution in [0.15, 0.2) is 70.5 Å². The molecule has 1 amide bonds. The highest BCUT2D eigenvalue weighted by Crippen LogP contribution is 2.30. The predicted octanol–water partition coefficient (Wildman–Crippen LogP) is 3.74. The summed E-state index contributed by atoms with van der Waals surface area (Å²) >= 11 is 7.05. The molecule has 0 saturated heterocycles. The summed E-state index contributed by atoms with van der Waals surface area (Å²) in [7, 11) is -3.66. The van der Waals surface area contributed by atoms with E-state index in [2.05, 4.69) is 10.3 Å². The number of amides is 1. The molecule has 0 fully saturated rings. The van der Waals surface area contributed by atoms with Crippen LogP contribution in [0.3, 0.4) is 0 Å². The van der Waals surface area contributed by atoms with Crippen LogP contribution in [0.5, 0.6) is 0 Å². The maximum absolute atomic E-state index is 13.0. The van der Waals surface area contributed by atoms with E-state index in [9.17, 15) is 13.2 Å². The van der Waals surface area contributed by atoms with Gasteiger partial charge in [0, 0.05) is 29.5 Å². The molecule has 0 unspecified atom stereocenters. The Morgan fingerprint density at radius 3 is 2.69 bits per heavy atom. The molecule has 5 nitrogen and oxygen atoms in total. The summed E-state index contributed by atoms with van der Waals surface area (Å²) < 4.78 is 26.3. The fourth-order valence-electron chi connectivity index (χ4n) is 2.46. The summed E-state index contributed by atoms with van der Waals surface area (Å²) in [6.07, 6.45) is 3.07. The van der Waals surface area contributed by atoms with Crippen LogP contribution < -0.4 is 5.32 Å². The fourth-order valence-corrected chi connectivity index (χ4v) is 5.50. The first-order valence-corrected chi connectivity index (χ1v) is 10.5. The minimum atomic E-state index is -3.66. The highest BCUT2D eigenvalue weighted by molar-refractivity contribution is 7.93. The minimum absolute atomic E-state index is 0.0721. The lowest BCUT2D eigenvalue weighted by molar-refractivity contribution is 0.0953. The molecule has 0 aliphatic heterocycles. The van der Waals surface area contributed by atoms with Gasteiger partial charge in [0.2, 0.25) is 0 Å². The van der Waals surface area contributed by atoms with Gasteiger partial charge in [0.05, 0.1) is 0 Å². The van der Waals surface area contributed by atoms with Crippen LogP contribution in [-0.2, 0) is 9.84 Å². The number of nitrogens with one attached hydrogen (secondary N) is 1. The minimum Gasteiger partial charge on any atom is -0.350 e. The average molecular weight is 407 g/mol. The first-order chi connectivity index (χ1) is 12.5. The number of sulfone groups is 1. The number of thiophene rings is 1. The molecule has 0 aliphatic rings. The molecular weight excluding hydrogens is 392 g/mol. The highest BCUT2D eigenvalue weighted by atomic mass is 35.5.